The summed E-state index contributed by atoms with van der Waals surface area (Å²) in [6.45, 7) is 5.07. The molecule has 3 aliphatic heterocycles. The summed E-state index contributed by atoms with van der Waals surface area (Å²) in [5.41, 5.74) is 7.67. The van der Waals surface area contributed by atoms with Gasteiger partial charge >= 0.3 is 0 Å². The highest BCUT2D eigenvalue weighted by Gasteiger charge is 2.39. The average molecular weight is 470 g/mol. The number of piperidine rings is 3. The molecular formula is C24H27N3O5S. The summed E-state index contributed by atoms with van der Waals surface area (Å²) in [5, 5.41) is 0. The van der Waals surface area contributed by atoms with Gasteiger partial charge in [-0.2, -0.15) is 8.42 Å². The van der Waals surface area contributed by atoms with Crippen molar-refractivity contribution in [2.75, 3.05) is 19.6 Å². The molecule has 3 aliphatic rings. The van der Waals surface area contributed by atoms with E-state index < -0.39 is 16.0 Å². The molecule has 4 heterocycles. The van der Waals surface area contributed by atoms with Crippen molar-refractivity contribution in [3.05, 3.63) is 71.6 Å². The number of nitrogens with zero attached hydrogens (tertiary/aromatic N) is 2. The Hall–Kier alpha value is -3.01. The van der Waals surface area contributed by atoms with Crippen molar-refractivity contribution in [1.82, 2.24) is 9.88 Å². The number of fused-ring (bicyclic) bond motifs is 3. The topological polar surface area (TPSA) is 127 Å². The van der Waals surface area contributed by atoms with Gasteiger partial charge in [-0.15, -0.1) is 0 Å². The number of hydrogen-bond acceptors (Lipinski definition) is 6. The van der Waals surface area contributed by atoms with E-state index in [1.807, 2.05) is 37.3 Å². The van der Waals surface area contributed by atoms with Gasteiger partial charge in [0.1, 0.15) is 5.76 Å². The maximum absolute atomic E-state index is 11.8. The number of carbonyl (C=O) groups excluding carboxylic acids is 1. The van der Waals surface area contributed by atoms with Crippen molar-refractivity contribution in [2.24, 2.45) is 11.7 Å². The van der Waals surface area contributed by atoms with E-state index in [-0.39, 0.29) is 10.8 Å². The quantitative estimate of drug-likeness (QED) is 0.560. The van der Waals surface area contributed by atoms with Gasteiger partial charge in [-0.1, -0.05) is 35.9 Å². The zero-order valence-corrected chi connectivity index (χ0v) is 19.2. The van der Waals surface area contributed by atoms with Crippen LogP contribution in [0, 0.1) is 12.8 Å². The predicted octanol–water partition coefficient (Wildman–Crippen LogP) is 3.49. The summed E-state index contributed by atoms with van der Waals surface area (Å²) in [4.78, 5) is 18.5. The Morgan fingerprint density at radius 2 is 1.73 bits per heavy atom. The van der Waals surface area contributed by atoms with E-state index in [1.165, 1.54) is 12.1 Å². The molecule has 0 saturated carbocycles. The van der Waals surface area contributed by atoms with Crippen LogP contribution in [0.25, 0.3) is 11.5 Å². The van der Waals surface area contributed by atoms with E-state index in [0.29, 0.717) is 23.3 Å². The minimum absolute atomic E-state index is 0.0666. The molecule has 3 fully saturated rings. The molecule has 174 valence electrons. The first kappa shape index (κ1) is 23.2. The number of benzene rings is 2. The molecule has 3 aromatic rings. The molecule has 0 spiro atoms. The molecule has 0 aliphatic carbocycles. The Labute approximate surface area is 193 Å². The van der Waals surface area contributed by atoms with Gasteiger partial charge < -0.3 is 15.1 Å². The number of amides is 1. The van der Waals surface area contributed by atoms with Crippen LogP contribution < -0.4 is 5.73 Å². The van der Waals surface area contributed by atoms with Crippen molar-refractivity contribution in [2.45, 2.75) is 30.6 Å². The third kappa shape index (κ3) is 5.32. The van der Waals surface area contributed by atoms with Crippen molar-refractivity contribution in [3.8, 4) is 11.5 Å². The van der Waals surface area contributed by atoms with Crippen LogP contribution in [0.3, 0.4) is 0 Å². The molecule has 2 bridgehead atoms. The summed E-state index contributed by atoms with van der Waals surface area (Å²) in [6, 6.07) is 15.6. The Morgan fingerprint density at radius 1 is 1.09 bits per heavy atom. The van der Waals surface area contributed by atoms with E-state index >= 15 is 0 Å². The van der Waals surface area contributed by atoms with Gasteiger partial charge in [-0.25, -0.2) is 4.98 Å². The molecule has 3 N–H and O–H groups in total. The van der Waals surface area contributed by atoms with Gasteiger partial charge in [0, 0.05) is 18.0 Å². The molecule has 1 amide bonds. The van der Waals surface area contributed by atoms with Crippen molar-refractivity contribution < 1.29 is 22.2 Å². The van der Waals surface area contributed by atoms with Crippen molar-refractivity contribution >= 4 is 16.0 Å². The van der Waals surface area contributed by atoms with E-state index in [1.54, 1.807) is 12.1 Å². The number of hydrogen-bond donors (Lipinski definition) is 2. The number of aryl methyl sites for hydroxylation is 1. The first-order valence-electron chi connectivity index (χ1n) is 10.8. The zero-order chi connectivity index (χ0) is 23.6. The molecule has 2 aromatic carbocycles. The molecule has 6 rings (SSSR count). The molecule has 9 heteroatoms. The van der Waals surface area contributed by atoms with Crippen molar-refractivity contribution in [1.29, 1.82) is 0 Å². The van der Waals surface area contributed by atoms with Crippen LogP contribution in [-0.4, -0.2) is 48.4 Å². The lowest BCUT2D eigenvalue weighted by molar-refractivity contribution is 0.0769. The lowest BCUT2D eigenvalue weighted by Gasteiger charge is -2.43. The van der Waals surface area contributed by atoms with Crippen LogP contribution in [0.1, 0.15) is 40.6 Å². The van der Waals surface area contributed by atoms with Gasteiger partial charge in [0.15, 0.2) is 5.69 Å². The fraction of sp³-hybridized carbons (Fsp3) is 0.333. The van der Waals surface area contributed by atoms with E-state index in [9.17, 15) is 13.2 Å². The highest BCUT2D eigenvalue weighted by molar-refractivity contribution is 7.85. The number of carbonyl (C=O) groups is 1. The average Bonchev–Trinajstić information content (AvgIpc) is 3.26. The Morgan fingerprint density at radius 3 is 2.24 bits per heavy atom. The smallest absolute Gasteiger partial charge is 0.294 e. The fourth-order valence-electron chi connectivity index (χ4n) is 4.44. The minimum Gasteiger partial charge on any atom is -0.440 e. The summed E-state index contributed by atoms with van der Waals surface area (Å²) < 4.78 is 35.6. The van der Waals surface area contributed by atoms with Crippen molar-refractivity contribution in [3.63, 3.8) is 0 Å². The second kappa shape index (κ2) is 9.46. The highest BCUT2D eigenvalue weighted by atomic mass is 32.2. The molecule has 1 unspecified atom stereocenters. The third-order valence-corrected chi connectivity index (χ3v) is 7.09. The van der Waals surface area contributed by atoms with E-state index in [2.05, 4.69) is 9.88 Å². The number of nitrogens with two attached hydrogens (primary N) is 1. The highest BCUT2D eigenvalue weighted by Crippen LogP contribution is 2.41. The normalized spacial score (nSPS) is 21.8. The standard InChI is InChI=1S/C17H19N3O2.C7H8O3S/c18-16(21)14-15(13-10-20-8-6-11(13)7-9-20)22-17(19-14)12-4-2-1-3-5-12;1-6-2-4-7(5-3-6)11(8,9)10/h1-5,11,13H,6-10H2,(H2,18,21);2-5H,1H3,(H,8,9,10). The first-order valence-corrected chi connectivity index (χ1v) is 12.3. The molecule has 33 heavy (non-hydrogen) atoms. The van der Waals surface area contributed by atoms with E-state index in [4.69, 9.17) is 14.7 Å². The lowest BCUT2D eigenvalue weighted by atomic mass is 9.77. The van der Waals surface area contributed by atoms with Gasteiger partial charge in [-0.05, 0) is 63.0 Å². The van der Waals surface area contributed by atoms with Crippen LogP contribution in [0.4, 0.5) is 0 Å². The Kier molecular flexibility index (Phi) is 6.64. The van der Waals surface area contributed by atoms with Crippen LogP contribution in [0.15, 0.2) is 63.9 Å². The Bertz CT molecular complexity index is 1210. The summed E-state index contributed by atoms with van der Waals surface area (Å²) in [6.07, 6.45) is 2.31. The predicted molar refractivity (Wildman–Crippen MR) is 123 cm³/mol. The molecular weight excluding hydrogens is 442 g/mol. The second-order valence-electron chi connectivity index (χ2n) is 8.49. The molecule has 8 nitrogen and oxygen atoms in total. The molecule has 3 saturated heterocycles. The molecule has 1 aromatic heterocycles. The molecule has 0 radical (unpaired) electrons. The number of oxazole rings is 1. The van der Waals surface area contributed by atoms with Crippen LogP contribution in [-0.2, 0) is 10.1 Å². The van der Waals surface area contributed by atoms with Gasteiger partial charge in [0.05, 0.1) is 4.90 Å². The molecule has 1 atom stereocenters. The number of primary amides is 1. The van der Waals surface area contributed by atoms with E-state index in [0.717, 1.165) is 43.6 Å². The van der Waals surface area contributed by atoms with Crippen LogP contribution in [0.5, 0.6) is 0 Å². The third-order valence-electron chi connectivity index (χ3n) is 6.22. The first-order chi connectivity index (χ1) is 15.7. The number of aromatic nitrogens is 1. The van der Waals surface area contributed by atoms with Gasteiger partial charge in [0.2, 0.25) is 5.89 Å². The summed E-state index contributed by atoms with van der Waals surface area (Å²) in [7, 11) is -4.02. The Balaban J connectivity index is 0.000000200. The maximum Gasteiger partial charge on any atom is 0.294 e. The van der Waals surface area contributed by atoms with Gasteiger partial charge in [-0.3, -0.25) is 9.35 Å². The van der Waals surface area contributed by atoms with Crippen LogP contribution >= 0.6 is 0 Å². The maximum atomic E-state index is 11.8. The second-order valence-corrected chi connectivity index (χ2v) is 9.92. The monoisotopic (exact) mass is 469 g/mol. The summed E-state index contributed by atoms with van der Waals surface area (Å²) in [5.74, 6) is 1.47. The lowest BCUT2D eigenvalue weighted by Crippen LogP contribution is -2.46. The fourth-order valence-corrected chi connectivity index (χ4v) is 4.92. The summed E-state index contributed by atoms with van der Waals surface area (Å²) >= 11 is 0. The minimum atomic E-state index is -4.02. The zero-order valence-electron chi connectivity index (χ0n) is 18.3. The SMILES string of the molecule is Cc1ccc(S(=O)(=O)O)cc1.NC(=O)c1nc(-c2ccccc2)oc1C1CN2CCC1CC2. The van der Waals surface area contributed by atoms with Gasteiger partial charge in [0.25, 0.3) is 16.0 Å². The number of rotatable bonds is 4. The largest absolute Gasteiger partial charge is 0.440 e. The van der Waals surface area contributed by atoms with Crippen LogP contribution in [0.2, 0.25) is 0 Å².